The molecule has 0 aliphatic heterocycles. The SMILES string of the molecule is FC(F)(F)c1ccc(CC(Br)C2CCC2)cc1. The summed E-state index contributed by atoms with van der Waals surface area (Å²) in [7, 11) is 0. The number of halogens is 4. The fourth-order valence-electron chi connectivity index (χ4n) is 2.02. The van der Waals surface area contributed by atoms with Gasteiger partial charge in [-0.15, -0.1) is 0 Å². The zero-order chi connectivity index (χ0) is 12.5. The molecule has 2 rings (SSSR count). The molecule has 0 bridgehead atoms. The Hall–Kier alpha value is -0.510. The summed E-state index contributed by atoms with van der Waals surface area (Å²) in [4.78, 5) is 0.396. The zero-order valence-electron chi connectivity index (χ0n) is 9.30. The van der Waals surface area contributed by atoms with E-state index in [0.29, 0.717) is 10.7 Å². The van der Waals surface area contributed by atoms with Crippen molar-refractivity contribution < 1.29 is 13.2 Å². The second-order valence-electron chi connectivity index (χ2n) is 4.61. The van der Waals surface area contributed by atoms with Crippen molar-refractivity contribution in [3.8, 4) is 0 Å². The topological polar surface area (TPSA) is 0 Å². The average Bonchev–Trinajstić information content (AvgIpc) is 2.13. The summed E-state index contributed by atoms with van der Waals surface area (Å²) >= 11 is 3.63. The lowest BCUT2D eigenvalue weighted by atomic mass is 9.81. The smallest absolute Gasteiger partial charge is 0.166 e. The minimum Gasteiger partial charge on any atom is -0.166 e. The Morgan fingerprint density at radius 3 is 2.18 bits per heavy atom. The Morgan fingerprint density at radius 1 is 1.18 bits per heavy atom. The lowest BCUT2D eigenvalue weighted by Gasteiger charge is -2.30. The van der Waals surface area contributed by atoms with Crippen LogP contribution in [-0.4, -0.2) is 4.83 Å². The van der Waals surface area contributed by atoms with Crippen LogP contribution in [0.1, 0.15) is 30.4 Å². The summed E-state index contributed by atoms with van der Waals surface area (Å²) in [6.07, 6.45) is 0.315. The van der Waals surface area contributed by atoms with Crippen molar-refractivity contribution in [1.82, 2.24) is 0 Å². The van der Waals surface area contributed by atoms with Crippen LogP contribution in [0.3, 0.4) is 0 Å². The maximum atomic E-state index is 12.4. The van der Waals surface area contributed by atoms with Gasteiger partial charge in [0.15, 0.2) is 0 Å². The quantitative estimate of drug-likeness (QED) is 0.703. The Balaban J connectivity index is 1.98. The van der Waals surface area contributed by atoms with Crippen molar-refractivity contribution in [2.24, 2.45) is 5.92 Å². The molecule has 0 N–H and O–H groups in total. The van der Waals surface area contributed by atoms with Crippen molar-refractivity contribution in [1.29, 1.82) is 0 Å². The van der Waals surface area contributed by atoms with Crippen LogP contribution in [0, 0.1) is 5.92 Å². The molecule has 4 heteroatoms. The molecule has 0 radical (unpaired) electrons. The van der Waals surface area contributed by atoms with Gasteiger partial charge in [0.1, 0.15) is 0 Å². The minimum absolute atomic E-state index is 0.396. The van der Waals surface area contributed by atoms with E-state index >= 15 is 0 Å². The van der Waals surface area contributed by atoms with Crippen LogP contribution in [0.25, 0.3) is 0 Å². The molecule has 17 heavy (non-hydrogen) atoms. The molecule has 0 spiro atoms. The van der Waals surface area contributed by atoms with Gasteiger partial charge >= 0.3 is 6.18 Å². The predicted octanol–water partition coefficient (Wildman–Crippen LogP) is 4.81. The summed E-state index contributed by atoms with van der Waals surface area (Å²) in [6, 6.07) is 5.48. The summed E-state index contributed by atoms with van der Waals surface area (Å²) in [5.41, 5.74) is 0.391. The van der Waals surface area contributed by atoms with Gasteiger partial charge in [0.05, 0.1) is 5.56 Å². The number of hydrogen-bond donors (Lipinski definition) is 0. The van der Waals surface area contributed by atoms with Crippen molar-refractivity contribution in [3.63, 3.8) is 0 Å². The van der Waals surface area contributed by atoms with Crippen LogP contribution in [0.2, 0.25) is 0 Å². The Morgan fingerprint density at radius 2 is 1.76 bits per heavy atom. The lowest BCUT2D eigenvalue weighted by Crippen LogP contribution is -2.23. The van der Waals surface area contributed by atoms with Crippen LogP contribution in [0.5, 0.6) is 0 Å². The van der Waals surface area contributed by atoms with E-state index in [9.17, 15) is 13.2 Å². The van der Waals surface area contributed by atoms with E-state index in [1.807, 2.05) is 0 Å². The Labute approximate surface area is 107 Å². The number of alkyl halides is 4. The molecule has 0 amide bonds. The minimum atomic E-state index is -4.24. The first kappa shape index (κ1) is 12.9. The average molecular weight is 307 g/mol. The normalized spacial score (nSPS) is 18.8. The molecular weight excluding hydrogens is 293 g/mol. The molecule has 0 nitrogen and oxygen atoms in total. The van der Waals surface area contributed by atoms with E-state index in [4.69, 9.17) is 0 Å². The molecule has 1 saturated carbocycles. The van der Waals surface area contributed by atoms with Gasteiger partial charge in [-0.2, -0.15) is 13.2 Å². The van der Waals surface area contributed by atoms with Crippen LogP contribution < -0.4 is 0 Å². The molecule has 1 atom stereocenters. The lowest BCUT2D eigenvalue weighted by molar-refractivity contribution is -0.137. The number of benzene rings is 1. The zero-order valence-corrected chi connectivity index (χ0v) is 10.9. The maximum absolute atomic E-state index is 12.4. The largest absolute Gasteiger partial charge is 0.416 e. The van der Waals surface area contributed by atoms with Gasteiger partial charge in [0.25, 0.3) is 0 Å². The second kappa shape index (κ2) is 5.01. The fourth-order valence-corrected chi connectivity index (χ4v) is 2.93. The third kappa shape index (κ3) is 3.24. The first-order chi connectivity index (χ1) is 7.97. The highest BCUT2D eigenvalue weighted by atomic mass is 79.9. The van der Waals surface area contributed by atoms with E-state index in [2.05, 4.69) is 15.9 Å². The monoisotopic (exact) mass is 306 g/mol. The van der Waals surface area contributed by atoms with Gasteiger partial charge in [-0.25, -0.2) is 0 Å². The highest BCUT2D eigenvalue weighted by Crippen LogP contribution is 2.35. The first-order valence-corrected chi connectivity index (χ1v) is 6.68. The standard InChI is InChI=1S/C13H14BrF3/c14-12(10-2-1-3-10)8-9-4-6-11(7-5-9)13(15,16)17/h4-7,10,12H,1-3,8H2. The summed E-state index contributed by atoms with van der Waals surface area (Å²) in [5.74, 6) is 0.692. The van der Waals surface area contributed by atoms with E-state index in [0.717, 1.165) is 24.1 Å². The van der Waals surface area contributed by atoms with Gasteiger partial charge in [-0.1, -0.05) is 34.5 Å². The number of rotatable bonds is 3. The van der Waals surface area contributed by atoms with Crippen LogP contribution >= 0.6 is 15.9 Å². The molecule has 1 aliphatic rings. The first-order valence-electron chi connectivity index (χ1n) is 5.77. The summed E-state index contributed by atoms with van der Waals surface area (Å²) < 4.78 is 37.1. The highest BCUT2D eigenvalue weighted by molar-refractivity contribution is 9.09. The molecule has 1 fully saturated rings. The molecule has 1 aromatic carbocycles. The Kier molecular flexibility index (Phi) is 3.81. The van der Waals surface area contributed by atoms with Crippen LogP contribution in [-0.2, 0) is 12.6 Å². The maximum Gasteiger partial charge on any atom is 0.416 e. The molecule has 0 saturated heterocycles. The Bertz CT molecular complexity index is 365. The molecule has 1 aromatic rings. The third-order valence-electron chi connectivity index (χ3n) is 3.37. The van der Waals surface area contributed by atoms with Crippen LogP contribution in [0.4, 0.5) is 13.2 Å². The van der Waals surface area contributed by atoms with E-state index in [1.165, 1.54) is 19.3 Å². The highest BCUT2D eigenvalue weighted by Gasteiger charge is 2.30. The molecular formula is C13H14BrF3. The number of hydrogen-bond acceptors (Lipinski definition) is 0. The van der Waals surface area contributed by atoms with Gasteiger partial charge in [0.2, 0.25) is 0 Å². The van der Waals surface area contributed by atoms with Crippen LogP contribution in [0.15, 0.2) is 24.3 Å². The van der Waals surface area contributed by atoms with Crippen molar-refractivity contribution in [2.45, 2.75) is 36.7 Å². The van der Waals surface area contributed by atoms with Gasteiger partial charge in [-0.3, -0.25) is 0 Å². The van der Waals surface area contributed by atoms with E-state index in [1.54, 1.807) is 12.1 Å². The van der Waals surface area contributed by atoms with Crippen molar-refractivity contribution in [3.05, 3.63) is 35.4 Å². The molecule has 0 heterocycles. The molecule has 0 aromatic heterocycles. The summed E-state index contributed by atoms with van der Waals surface area (Å²) in [5, 5.41) is 0. The molecule has 1 aliphatic carbocycles. The van der Waals surface area contributed by atoms with Gasteiger partial charge in [0, 0.05) is 4.83 Å². The van der Waals surface area contributed by atoms with E-state index < -0.39 is 11.7 Å². The second-order valence-corrected chi connectivity index (χ2v) is 5.78. The van der Waals surface area contributed by atoms with E-state index in [-0.39, 0.29) is 0 Å². The molecule has 94 valence electrons. The predicted molar refractivity (Wildman–Crippen MR) is 65.2 cm³/mol. The third-order valence-corrected chi connectivity index (χ3v) is 4.44. The van der Waals surface area contributed by atoms with Crippen molar-refractivity contribution >= 4 is 15.9 Å². The van der Waals surface area contributed by atoms with Gasteiger partial charge < -0.3 is 0 Å². The molecule has 1 unspecified atom stereocenters. The fraction of sp³-hybridized carbons (Fsp3) is 0.538. The summed E-state index contributed by atoms with van der Waals surface area (Å²) in [6.45, 7) is 0. The van der Waals surface area contributed by atoms with Crippen molar-refractivity contribution in [2.75, 3.05) is 0 Å². The van der Waals surface area contributed by atoms with Gasteiger partial charge in [-0.05, 0) is 42.9 Å².